The Balaban J connectivity index is 2.10. The molecule has 2 rings (SSSR count). The first-order chi connectivity index (χ1) is 8.20. The van der Waals surface area contributed by atoms with Gasteiger partial charge in [-0.05, 0) is 37.8 Å². The largest absolute Gasteiger partial charge is 0.355 e. The first-order valence-corrected chi connectivity index (χ1v) is 6.72. The van der Waals surface area contributed by atoms with Crippen molar-refractivity contribution in [2.45, 2.75) is 19.3 Å². The maximum Gasteiger partial charge on any atom is 0.147 e. The van der Waals surface area contributed by atoms with Crippen LogP contribution in [-0.2, 0) is 0 Å². The minimum Gasteiger partial charge on any atom is -0.355 e. The van der Waals surface area contributed by atoms with Crippen molar-refractivity contribution < 1.29 is 0 Å². The van der Waals surface area contributed by atoms with Gasteiger partial charge in [-0.15, -0.1) is 0 Å². The third-order valence-electron chi connectivity index (χ3n) is 3.18. The molecule has 1 aliphatic rings. The maximum atomic E-state index is 6.17. The lowest BCUT2D eigenvalue weighted by atomic mass is 9.95. The summed E-state index contributed by atoms with van der Waals surface area (Å²) in [5, 5.41) is 1.21. The topological polar surface area (TPSA) is 42.1 Å². The van der Waals surface area contributed by atoms with Crippen LogP contribution in [0.1, 0.15) is 19.3 Å². The van der Waals surface area contributed by atoms with E-state index in [0.717, 1.165) is 31.9 Å². The summed E-state index contributed by atoms with van der Waals surface area (Å²) < 4.78 is 0. The molecular formula is C12H17Cl2N3. The summed E-state index contributed by atoms with van der Waals surface area (Å²) in [5.74, 6) is 1.50. The average molecular weight is 274 g/mol. The van der Waals surface area contributed by atoms with E-state index in [1.54, 1.807) is 12.3 Å². The molecule has 0 amide bonds. The third kappa shape index (κ3) is 3.24. The molecule has 2 N–H and O–H groups in total. The van der Waals surface area contributed by atoms with Crippen LogP contribution in [0.5, 0.6) is 0 Å². The highest BCUT2D eigenvalue weighted by atomic mass is 35.5. The van der Waals surface area contributed by atoms with Gasteiger partial charge in [0.2, 0.25) is 0 Å². The summed E-state index contributed by atoms with van der Waals surface area (Å²) in [6.07, 6.45) is 5.14. The lowest BCUT2D eigenvalue weighted by molar-refractivity contribution is 0.394. The smallest absolute Gasteiger partial charge is 0.147 e. The van der Waals surface area contributed by atoms with Crippen molar-refractivity contribution >= 4 is 29.0 Å². The van der Waals surface area contributed by atoms with Gasteiger partial charge in [0.25, 0.3) is 0 Å². The number of nitrogens with zero attached hydrogens (tertiary/aromatic N) is 2. The Morgan fingerprint density at radius 3 is 3.00 bits per heavy atom. The van der Waals surface area contributed by atoms with E-state index in [1.165, 1.54) is 12.8 Å². The molecule has 1 unspecified atom stereocenters. The van der Waals surface area contributed by atoms with Gasteiger partial charge in [0, 0.05) is 19.3 Å². The molecule has 1 saturated heterocycles. The Morgan fingerprint density at radius 1 is 1.47 bits per heavy atom. The number of nitrogens with two attached hydrogens (primary N) is 1. The van der Waals surface area contributed by atoms with Gasteiger partial charge in [-0.25, -0.2) is 4.98 Å². The van der Waals surface area contributed by atoms with Crippen LogP contribution in [0, 0.1) is 5.92 Å². The molecule has 1 aromatic rings. The van der Waals surface area contributed by atoms with Gasteiger partial charge in [-0.2, -0.15) is 0 Å². The number of hydrogen-bond acceptors (Lipinski definition) is 3. The molecule has 0 aromatic carbocycles. The predicted octanol–water partition coefficient (Wildman–Crippen LogP) is 2.95. The highest BCUT2D eigenvalue weighted by Crippen LogP contribution is 2.30. The summed E-state index contributed by atoms with van der Waals surface area (Å²) >= 11 is 12.0. The van der Waals surface area contributed by atoms with Gasteiger partial charge in [-0.1, -0.05) is 23.2 Å². The van der Waals surface area contributed by atoms with E-state index in [9.17, 15) is 0 Å². The van der Waals surface area contributed by atoms with Crippen LogP contribution in [0.2, 0.25) is 10.0 Å². The van der Waals surface area contributed by atoms with E-state index >= 15 is 0 Å². The molecule has 1 aromatic heterocycles. The second kappa shape index (κ2) is 5.89. The molecule has 5 heteroatoms. The zero-order chi connectivity index (χ0) is 12.3. The van der Waals surface area contributed by atoms with Crippen LogP contribution in [0.3, 0.4) is 0 Å². The van der Waals surface area contributed by atoms with Gasteiger partial charge < -0.3 is 10.6 Å². The molecule has 1 aliphatic heterocycles. The zero-order valence-electron chi connectivity index (χ0n) is 9.70. The summed E-state index contributed by atoms with van der Waals surface area (Å²) in [7, 11) is 0. The minimum absolute atomic E-state index is 0.578. The van der Waals surface area contributed by atoms with Gasteiger partial charge in [0.1, 0.15) is 5.82 Å². The molecule has 94 valence electrons. The van der Waals surface area contributed by atoms with Gasteiger partial charge in [-0.3, -0.25) is 0 Å². The minimum atomic E-state index is 0.578. The van der Waals surface area contributed by atoms with Crippen molar-refractivity contribution in [2.24, 2.45) is 11.7 Å². The third-order valence-corrected chi connectivity index (χ3v) is 3.67. The second-order valence-electron chi connectivity index (χ2n) is 4.49. The van der Waals surface area contributed by atoms with Crippen molar-refractivity contribution in [1.29, 1.82) is 0 Å². The fourth-order valence-electron chi connectivity index (χ4n) is 2.37. The van der Waals surface area contributed by atoms with Crippen LogP contribution in [0.4, 0.5) is 5.82 Å². The first-order valence-electron chi connectivity index (χ1n) is 5.96. The first kappa shape index (κ1) is 12.9. The van der Waals surface area contributed by atoms with E-state index in [2.05, 4.69) is 9.88 Å². The number of anilines is 1. The normalized spacial score (nSPS) is 20.6. The number of aromatic nitrogens is 1. The number of rotatable bonds is 3. The second-order valence-corrected chi connectivity index (χ2v) is 5.33. The predicted molar refractivity (Wildman–Crippen MR) is 72.9 cm³/mol. The van der Waals surface area contributed by atoms with E-state index < -0.39 is 0 Å². The Bertz CT molecular complexity index is 382. The van der Waals surface area contributed by atoms with Crippen molar-refractivity contribution in [2.75, 3.05) is 24.5 Å². The van der Waals surface area contributed by atoms with Crippen LogP contribution < -0.4 is 10.6 Å². The summed E-state index contributed by atoms with van der Waals surface area (Å²) in [6.45, 7) is 2.75. The Morgan fingerprint density at radius 2 is 2.29 bits per heavy atom. The van der Waals surface area contributed by atoms with E-state index in [0.29, 0.717) is 16.0 Å². The van der Waals surface area contributed by atoms with Crippen LogP contribution >= 0.6 is 23.2 Å². The van der Waals surface area contributed by atoms with E-state index in [-0.39, 0.29) is 0 Å². The van der Waals surface area contributed by atoms with Gasteiger partial charge in [0.05, 0.1) is 10.0 Å². The lowest BCUT2D eigenvalue weighted by Gasteiger charge is -2.33. The Labute approximate surface area is 112 Å². The Hall–Kier alpha value is -0.510. The van der Waals surface area contributed by atoms with Gasteiger partial charge >= 0.3 is 0 Å². The molecule has 3 nitrogen and oxygen atoms in total. The van der Waals surface area contributed by atoms with Crippen LogP contribution in [-0.4, -0.2) is 24.6 Å². The summed E-state index contributed by atoms with van der Waals surface area (Å²) in [6, 6.07) is 1.75. The molecule has 0 aliphatic carbocycles. The standard InChI is InChI=1S/C12H17Cl2N3/c13-10-6-11(14)12(16-7-10)17-5-1-2-9(8-17)3-4-15/h6-7,9H,1-5,8,15H2. The number of piperidine rings is 1. The Kier molecular flexibility index (Phi) is 4.48. The highest BCUT2D eigenvalue weighted by Gasteiger charge is 2.21. The van der Waals surface area contributed by atoms with E-state index in [1.807, 2.05) is 0 Å². The number of pyridine rings is 1. The number of halogens is 2. The quantitative estimate of drug-likeness (QED) is 0.921. The van der Waals surface area contributed by atoms with Crippen molar-refractivity contribution in [3.8, 4) is 0 Å². The molecular weight excluding hydrogens is 257 g/mol. The summed E-state index contributed by atoms with van der Waals surface area (Å²) in [4.78, 5) is 6.57. The molecule has 0 spiro atoms. The van der Waals surface area contributed by atoms with E-state index in [4.69, 9.17) is 28.9 Å². The van der Waals surface area contributed by atoms with Crippen molar-refractivity contribution in [3.05, 3.63) is 22.3 Å². The zero-order valence-corrected chi connectivity index (χ0v) is 11.2. The van der Waals surface area contributed by atoms with Crippen molar-refractivity contribution in [1.82, 2.24) is 4.98 Å². The monoisotopic (exact) mass is 273 g/mol. The lowest BCUT2D eigenvalue weighted by Crippen LogP contribution is -2.36. The molecule has 0 bridgehead atoms. The fourth-order valence-corrected chi connectivity index (χ4v) is 2.87. The molecule has 0 saturated carbocycles. The molecule has 2 heterocycles. The average Bonchev–Trinajstić information content (AvgIpc) is 2.29. The van der Waals surface area contributed by atoms with Crippen LogP contribution in [0.25, 0.3) is 0 Å². The molecule has 1 atom stereocenters. The molecule has 1 fully saturated rings. The number of hydrogen-bond donors (Lipinski definition) is 1. The SMILES string of the molecule is NCCC1CCCN(c2ncc(Cl)cc2Cl)C1. The summed E-state index contributed by atoms with van der Waals surface area (Å²) in [5.41, 5.74) is 5.62. The van der Waals surface area contributed by atoms with Crippen LogP contribution in [0.15, 0.2) is 12.3 Å². The molecule has 0 radical (unpaired) electrons. The van der Waals surface area contributed by atoms with Crippen molar-refractivity contribution in [3.63, 3.8) is 0 Å². The molecule has 17 heavy (non-hydrogen) atoms. The maximum absolute atomic E-state index is 6.17. The highest BCUT2D eigenvalue weighted by molar-refractivity contribution is 6.36. The fraction of sp³-hybridized carbons (Fsp3) is 0.583. The van der Waals surface area contributed by atoms with Gasteiger partial charge in [0.15, 0.2) is 0 Å².